The fraction of sp³-hybridized carbons (Fsp3) is 0.500. The summed E-state index contributed by atoms with van der Waals surface area (Å²) >= 11 is 1.60. The summed E-state index contributed by atoms with van der Waals surface area (Å²) in [5.41, 5.74) is 0.0508. The summed E-state index contributed by atoms with van der Waals surface area (Å²) in [4.78, 5) is 13.0. The Morgan fingerprint density at radius 3 is 2.72 bits per heavy atom. The van der Waals surface area contributed by atoms with Gasteiger partial charge in [0.15, 0.2) is 0 Å². The van der Waals surface area contributed by atoms with Crippen LogP contribution in [0.5, 0.6) is 0 Å². The molecule has 1 aromatic carbocycles. The molecule has 1 saturated carbocycles. The van der Waals surface area contributed by atoms with E-state index >= 15 is 0 Å². The number of aliphatic hydroxyl groups is 1. The van der Waals surface area contributed by atoms with Crippen LogP contribution in [-0.4, -0.2) is 22.9 Å². The maximum Gasteiger partial charge on any atom is 0.227 e. The summed E-state index contributed by atoms with van der Waals surface area (Å²) in [6.45, 7) is 0. The summed E-state index contributed by atoms with van der Waals surface area (Å²) < 4.78 is 0. The molecule has 3 nitrogen and oxygen atoms in total. The van der Waals surface area contributed by atoms with Gasteiger partial charge in [-0.3, -0.25) is 4.79 Å². The predicted octanol–water partition coefficient (Wildman–Crippen LogP) is 3.04. The molecule has 1 aromatic rings. The van der Waals surface area contributed by atoms with Crippen molar-refractivity contribution in [3.8, 4) is 0 Å². The fourth-order valence-corrected chi connectivity index (χ4v) is 3.00. The van der Waals surface area contributed by atoms with E-state index in [0.29, 0.717) is 0 Å². The van der Waals surface area contributed by atoms with Crippen molar-refractivity contribution in [3.05, 3.63) is 24.3 Å². The van der Waals surface area contributed by atoms with Gasteiger partial charge >= 0.3 is 0 Å². The standard InChI is InChI=1S/C14H19NO2S/c1-18-12-7-3-2-6-11(12)15-13(16)10-14(17)8-4-5-9-14/h2-3,6-7,17H,4-5,8-10H2,1H3,(H,15,16). The first-order chi connectivity index (χ1) is 8.63. The zero-order chi connectivity index (χ0) is 13.0. The van der Waals surface area contributed by atoms with Crippen LogP contribution in [0, 0.1) is 0 Å². The van der Waals surface area contributed by atoms with E-state index in [9.17, 15) is 9.90 Å². The number of amides is 1. The number of benzene rings is 1. The highest BCUT2D eigenvalue weighted by molar-refractivity contribution is 7.98. The Bertz CT molecular complexity index is 428. The number of rotatable bonds is 4. The van der Waals surface area contributed by atoms with Gasteiger partial charge in [0.05, 0.1) is 17.7 Å². The normalized spacial score (nSPS) is 17.7. The molecule has 1 aliphatic rings. The van der Waals surface area contributed by atoms with Gasteiger partial charge in [-0.15, -0.1) is 11.8 Å². The minimum Gasteiger partial charge on any atom is -0.389 e. The van der Waals surface area contributed by atoms with Crippen molar-refractivity contribution >= 4 is 23.4 Å². The zero-order valence-corrected chi connectivity index (χ0v) is 11.4. The van der Waals surface area contributed by atoms with Gasteiger partial charge in [-0.25, -0.2) is 0 Å². The van der Waals surface area contributed by atoms with Crippen LogP contribution >= 0.6 is 11.8 Å². The summed E-state index contributed by atoms with van der Waals surface area (Å²) in [6.07, 6.45) is 5.71. The molecular formula is C14H19NO2S. The van der Waals surface area contributed by atoms with Crippen molar-refractivity contribution in [1.29, 1.82) is 0 Å². The Morgan fingerprint density at radius 2 is 2.06 bits per heavy atom. The number of carbonyl (C=O) groups is 1. The first-order valence-electron chi connectivity index (χ1n) is 6.28. The van der Waals surface area contributed by atoms with Crippen LogP contribution in [-0.2, 0) is 4.79 Å². The second kappa shape index (κ2) is 5.76. The number of thioether (sulfide) groups is 1. The lowest BCUT2D eigenvalue weighted by Gasteiger charge is -2.21. The molecule has 0 aliphatic heterocycles. The van der Waals surface area contributed by atoms with E-state index in [1.165, 1.54) is 0 Å². The number of hydrogen-bond acceptors (Lipinski definition) is 3. The molecule has 2 N–H and O–H groups in total. The fourth-order valence-electron chi connectivity index (χ4n) is 2.45. The van der Waals surface area contributed by atoms with Crippen molar-refractivity contribution < 1.29 is 9.90 Å². The monoisotopic (exact) mass is 265 g/mol. The number of para-hydroxylation sites is 1. The Hall–Kier alpha value is -1.00. The lowest BCUT2D eigenvalue weighted by atomic mass is 9.97. The van der Waals surface area contributed by atoms with Crippen LogP contribution in [0.4, 0.5) is 5.69 Å². The summed E-state index contributed by atoms with van der Waals surface area (Å²) in [5.74, 6) is -0.0964. The second-order valence-corrected chi connectivity index (χ2v) is 5.70. The van der Waals surface area contributed by atoms with Gasteiger partial charge in [0.2, 0.25) is 5.91 Å². The lowest BCUT2D eigenvalue weighted by molar-refractivity contribution is -0.120. The summed E-state index contributed by atoms with van der Waals surface area (Å²) in [7, 11) is 0. The molecule has 0 heterocycles. The van der Waals surface area contributed by atoms with Crippen LogP contribution in [0.1, 0.15) is 32.1 Å². The molecule has 1 amide bonds. The third-order valence-corrected chi connectivity index (χ3v) is 4.20. The molecule has 0 spiro atoms. The van der Waals surface area contributed by atoms with Crippen LogP contribution in [0.2, 0.25) is 0 Å². The van der Waals surface area contributed by atoms with Gasteiger partial charge in [0.1, 0.15) is 0 Å². The Kier molecular flexibility index (Phi) is 4.30. The molecule has 0 atom stereocenters. The van der Waals surface area contributed by atoms with E-state index in [2.05, 4.69) is 5.32 Å². The third-order valence-electron chi connectivity index (χ3n) is 3.40. The maximum atomic E-state index is 12.0. The molecule has 1 fully saturated rings. The number of anilines is 1. The summed E-state index contributed by atoms with van der Waals surface area (Å²) in [6, 6.07) is 7.72. The van der Waals surface area contributed by atoms with Crippen molar-refractivity contribution in [3.63, 3.8) is 0 Å². The van der Waals surface area contributed by atoms with E-state index in [0.717, 1.165) is 36.3 Å². The predicted molar refractivity (Wildman–Crippen MR) is 74.9 cm³/mol. The van der Waals surface area contributed by atoms with E-state index in [4.69, 9.17) is 0 Å². The third kappa shape index (κ3) is 3.27. The summed E-state index contributed by atoms with van der Waals surface area (Å²) in [5, 5.41) is 13.1. The van der Waals surface area contributed by atoms with E-state index in [-0.39, 0.29) is 12.3 Å². The molecule has 0 bridgehead atoms. The Balaban J connectivity index is 1.98. The molecule has 2 rings (SSSR count). The topological polar surface area (TPSA) is 49.3 Å². The van der Waals surface area contributed by atoms with Gasteiger partial charge < -0.3 is 10.4 Å². The van der Waals surface area contributed by atoms with Crippen molar-refractivity contribution in [1.82, 2.24) is 0 Å². The first-order valence-corrected chi connectivity index (χ1v) is 7.51. The number of hydrogen-bond donors (Lipinski definition) is 2. The van der Waals surface area contributed by atoms with E-state index in [1.807, 2.05) is 30.5 Å². The van der Waals surface area contributed by atoms with Crippen LogP contribution in [0.3, 0.4) is 0 Å². The molecule has 0 radical (unpaired) electrons. The first kappa shape index (κ1) is 13.4. The average Bonchev–Trinajstić information content (AvgIpc) is 2.76. The largest absolute Gasteiger partial charge is 0.389 e. The SMILES string of the molecule is CSc1ccccc1NC(=O)CC1(O)CCCC1. The van der Waals surface area contributed by atoms with Crippen molar-refractivity contribution in [2.75, 3.05) is 11.6 Å². The Morgan fingerprint density at radius 1 is 1.39 bits per heavy atom. The molecule has 18 heavy (non-hydrogen) atoms. The van der Waals surface area contributed by atoms with Gasteiger partial charge in [0.25, 0.3) is 0 Å². The molecule has 4 heteroatoms. The lowest BCUT2D eigenvalue weighted by Crippen LogP contribution is -2.30. The second-order valence-electron chi connectivity index (χ2n) is 4.86. The van der Waals surface area contributed by atoms with E-state index < -0.39 is 5.60 Å². The van der Waals surface area contributed by atoms with Crippen LogP contribution in [0.15, 0.2) is 29.2 Å². The highest BCUT2D eigenvalue weighted by atomic mass is 32.2. The van der Waals surface area contributed by atoms with Crippen LogP contribution < -0.4 is 5.32 Å². The van der Waals surface area contributed by atoms with Gasteiger partial charge in [0, 0.05) is 4.90 Å². The number of carbonyl (C=O) groups excluding carboxylic acids is 1. The number of nitrogens with one attached hydrogen (secondary N) is 1. The molecule has 1 aliphatic carbocycles. The van der Waals surface area contributed by atoms with E-state index in [1.54, 1.807) is 11.8 Å². The maximum absolute atomic E-state index is 12.0. The quantitative estimate of drug-likeness (QED) is 0.823. The van der Waals surface area contributed by atoms with Gasteiger partial charge in [-0.1, -0.05) is 25.0 Å². The van der Waals surface area contributed by atoms with Crippen molar-refractivity contribution in [2.24, 2.45) is 0 Å². The minimum atomic E-state index is -0.779. The smallest absolute Gasteiger partial charge is 0.227 e. The molecular weight excluding hydrogens is 246 g/mol. The molecule has 0 aromatic heterocycles. The molecule has 98 valence electrons. The average molecular weight is 265 g/mol. The Labute approximate surface area is 112 Å². The van der Waals surface area contributed by atoms with Gasteiger partial charge in [-0.2, -0.15) is 0 Å². The highest BCUT2D eigenvalue weighted by Gasteiger charge is 2.33. The highest BCUT2D eigenvalue weighted by Crippen LogP contribution is 2.33. The molecule has 0 saturated heterocycles. The molecule has 0 unspecified atom stereocenters. The van der Waals surface area contributed by atoms with Crippen molar-refractivity contribution in [2.45, 2.75) is 42.6 Å². The van der Waals surface area contributed by atoms with Crippen LogP contribution in [0.25, 0.3) is 0 Å². The van der Waals surface area contributed by atoms with Gasteiger partial charge in [-0.05, 0) is 31.2 Å². The minimum absolute atomic E-state index is 0.0964. The zero-order valence-electron chi connectivity index (χ0n) is 10.6.